The molecule has 2 heterocycles. The zero-order chi connectivity index (χ0) is 19.0. The van der Waals surface area contributed by atoms with E-state index in [2.05, 4.69) is 10.3 Å². The second-order valence-electron chi connectivity index (χ2n) is 5.86. The van der Waals surface area contributed by atoms with Gasteiger partial charge in [-0.25, -0.2) is 9.37 Å². The molecule has 2 amide bonds. The Hall–Kier alpha value is -3.55. The first-order valence-electron chi connectivity index (χ1n) is 7.67. The molecule has 0 saturated heterocycles. The van der Waals surface area contributed by atoms with Crippen LogP contribution in [0.2, 0.25) is 0 Å². The van der Waals surface area contributed by atoms with Crippen LogP contribution in [-0.4, -0.2) is 21.2 Å². The zero-order valence-electron chi connectivity index (χ0n) is 14.0. The number of rotatable bonds is 3. The molecule has 2 aromatic heterocycles. The van der Waals surface area contributed by atoms with Gasteiger partial charge in [0.2, 0.25) is 5.91 Å². The number of aryl methyl sites for hydroxylation is 1. The Bertz CT molecular complexity index is 1120. The fourth-order valence-corrected chi connectivity index (χ4v) is 2.47. The molecule has 3 rings (SSSR count). The van der Waals surface area contributed by atoms with Crippen LogP contribution in [0.1, 0.15) is 31.8 Å². The smallest absolute Gasteiger partial charge is 0.270 e. The molecule has 0 aliphatic carbocycles. The van der Waals surface area contributed by atoms with Crippen LogP contribution in [0.5, 0.6) is 0 Å². The van der Waals surface area contributed by atoms with Gasteiger partial charge in [-0.1, -0.05) is 0 Å². The summed E-state index contributed by atoms with van der Waals surface area (Å²) in [5.41, 5.74) is 5.80. The minimum absolute atomic E-state index is 0.0530. The molecule has 8 heteroatoms. The number of benzene rings is 1. The second kappa shape index (κ2) is 6.40. The van der Waals surface area contributed by atoms with Crippen molar-refractivity contribution in [2.75, 3.05) is 5.32 Å². The Kier molecular flexibility index (Phi) is 4.25. The van der Waals surface area contributed by atoms with E-state index in [9.17, 15) is 18.8 Å². The van der Waals surface area contributed by atoms with Gasteiger partial charge in [-0.15, -0.1) is 0 Å². The second-order valence-corrected chi connectivity index (χ2v) is 5.86. The molecule has 3 aromatic rings. The lowest BCUT2D eigenvalue weighted by Crippen LogP contribution is -2.27. The van der Waals surface area contributed by atoms with E-state index in [0.29, 0.717) is 5.65 Å². The van der Waals surface area contributed by atoms with Crippen LogP contribution in [0.4, 0.5) is 10.1 Å². The van der Waals surface area contributed by atoms with Gasteiger partial charge >= 0.3 is 0 Å². The number of nitrogens with zero attached hydrogens (tertiary/aromatic N) is 2. The lowest BCUT2D eigenvalue weighted by Gasteiger charge is -2.11. The number of halogens is 1. The van der Waals surface area contributed by atoms with Gasteiger partial charge in [0.15, 0.2) is 0 Å². The summed E-state index contributed by atoms with van der Waals surface area (Å²) in [6, 6.07) is 5.67. The molecule has 132 valence electrons. The highest BCUT2D eigenvalue weighted by atomic mass is 19.1. The van der Waals surface area contributed by atoms with Crippen molar-refractivity contribution >= 4 is 23.1 Å². The third-order valence-electron chi connectivity index (χ3n) is 3.99. The fraction of sp³-hybridized carbons (Fsp3) is 0.111. The minimum atomic E-state index is -0.831. The first kappa shape index (κ1) is 17.3. The molecule has 0 saturated carbocycles. The van der Waals surface area contributed by atoms with Crippen molar-refractivity contribution in [1.29, 1.82) is 0 Å². The summed E-state index contributed by atoms with van der Waals surface area (Å²) in [4.78, 5) is 40.4. The number of hydrogen-bond donors (Lipinski definition) is 2. The number of pyridine rings is 1. The summed E-state index contributed by atoms with van der Waals surface area (Å²) < 4.78 is 15.2. The van der Waals surface area contributed by atoms with Crippen molar-refractivity contribution in [2.24, 2.45) is 5.73 Å². The first-order valence-corrected chi connectivity index (χ1v) is 7.67. The summed E-state index contributed by atoms with van der Waals surface area (Å²) >= 11 is 0. The lowest BCUT2D eigenvalue weighted by molar-refractivity contribution is 0.0995. The predicted molar refractivity (Wildman–Crippen MR) is 93.8 cm³/mol. The van der Waals surface area contributed by atoms with Gasteiger partial charge in [-0.2, -0.15) is 0 Å². The molecular formula is C18H15FN4O3. The largest absolute Gasteiger partial charge is 0.366 e. The van der Waals surface area contributed by atoms with E-state index in [1.807, 2.05) is 6.92 Å². The molecule has 0 spiro atoms. The first-order chi connectivity index (χ1) is 12.3. The molecule has 0 aliphatic rings. The molecular weight excluding hydrogens is 339 g/mol. The summed E-state index contributed by atoms with van der Waals surface area (Å²) in [7, 11) is 0. The van der Waals surface area contributed by atoms with Crippen LogP contribution in [0, 0.1) is 19.7 Å². The van der Waals surface area contributed by atoms with Crippen molar-refractivity contribution in [3.8, 4) is 0 Å². The van der Waals surface area contributed by atoms with Crippen molar-refractivity contribution in [3.05, 3.63) is 75.1 Å². The third kappa shape index (κ3) is 3.04. The summed E-state index contributed by atoms with van der Waals surface area (Å²) in [6.45, 7) is 3.29. The Labute approximate surface area is 147 Å². The molecule has 7 nitrogen and oxygen atoms in total. The maximum Gasteiger partial charge on any atom is 0.270 e. The van der Waals surface area contributed by atoms with Gasteiger partial charge in [0.25, 0.3) is 11.5 Å². The van der Waals surface area contributed by atoms with Crippen molar-refractivity contribution in [2.45, 2.75) is 13.8 Å². The maximum atomic E-state index is 13.9. The van der Waals surface area contributed by atoms with Gasteiger partial charge in [0.1, 0.15) is 17.0 Å². The highest BCUT2D eigenvalue weighted by Crippen LogP contribution is 2.21. The SMILES string of the molecule is Cc1ccn2c(=O)c(C(=O)Nc3cc(C(N)=O)cc(F)c3C)cnc2c1. The summed E-state index contributed by atoms with van der Waals surface area (Å²) in [5, 5.41) is 2.44. The highest BCUT2D eigenvalue weighted by molar-refractivity contribution is 6.05. The number of carbonyl (C=O) groups is 2. The van der Waals surface area contributed by atoms with Gasteiger partial charge in [0.05, 0.1) is 0 Å². The minimum Gasteiger partial charge on any atom is -0.366 e. The van der Waals surface area contributed by atoms with Gasteiger partial charge < -0.3 is 11.1 Å². The quantitative estimate of drug-likeness (QED) is 0.748. The van der Waals surface area contributed by atoms with Gasteiger partial charge in [0, 0.05) is 29.2 Å². The molecule has 0 fully saturated rings. The van der Waals surface area contributed by atoms with Crippen molar-refractivity contribution in [3.63, 3.8) is 0 Å². The standard InChI is InChI=1S/C18H15FN4O3/c1-9-3-4-23-15(5-9)21-8-12(18(23)26)17(25)22-14-7-11(16(20)24)6-13(19)10(14)2/h3-8H,1-2H3,(H2,20,24)(H,22,25). The maximum absolute atomic E-state index is 13.9. The molecule has 0 aliphatic heterocycles. The normalized spacial score (nSPS) is 10.7. The van der Waals surface area contributed by atoms with Gasteiger partial charge in [-0.05, 0) is 43.7 Å². The number of fused-ring (bicyclic) bond motifs is 1. The number of carbonyl (C=O) groups excluding carboxylic acids is 2. The summed E-state index contributed by atoms with van der Waals surface area (Å²) in [5.74, 6) is -2.29. The molecule has 3 N–H and O–H groups in total. The van der Waals surface area contributed by atoms with Crippen LogP contribution in [0.25, 0.3) is 5.65 Å². The number of nitrogens with one attached hydrogen (secondary N) is 1. The van der Waals surface area contributed by atoms with E-state index in [4.69, 9.17) is 5.73 Å². The zero-order valence-corrected chi connectivity index (χ0v) is 14.0. The van der Waals surface area contributed by atoms with Crippen molar-refractivity contribution < 1.29 is 14.0 Å². The predicted octanol–water partition coefficient (Wildman–Crippen LogP) is 1.80. The average molecular weight is 354 g/mol. The Balaban J connectivity index is 2.03. The van der Waals surface area contributed by atoms with E-state index >= 15 is 0 Å². The van der Waals surface area contributed by atoms with Gasteiger partial charge in [-0.3, -0.25) is 18.8 Å². The van der Waals surface area contributed by atoms with Crippen LogP contribution in [0.15, 0.2) is 41.5 Å². The van der Waals surface area contributed by atoms with Crippen LogP contribution in [-0.2, 0) is 0 Å². The van der Waals surface area contributed by atoms with Crippen LogP contribution < -0.4 is 16.6 Å². The topological polar surface area (TPSA) is 107 Å². The van der Waals surface area contributed by atoms with E-state index < -0.39 is 23.2 Å². The summed E-state index contributed by atoms with van der Waals surface area (Å²) in [6.07, 6.45) is 2.69. The molecule has 0 bridgehead atoms. The van der Waals surface area contributed by atoms with Crippen molar-refractivity contribution in [1.82, 2.24) is 9.38 Å². The molecule has 0 unspecified atom stereocenters. The highest BCUT2D eigenvalue weighted by Gasteiger charge is 2.17. The van der Waals surface area contributed by atoms with Crippen LogP contribution >= 0.6 is 0 Å². The van der Waals surface area contributed by atoms with E-state index in [1.165, 1.54) is 23.6 Å². The Morgan fingerprint density at radius 2 is 1.96 bits per heavy atom. The number of anilines is 1. The number of primary amides is 1. The van der Waals surface area contributed by atoms with E-state index in [1.54, 1.807) is 12.1 Å². The monoisotopic (exact) mass is 354 g/mol. The Morgan fingerprint density at radius 3 is 2.65 bits per heavy atom. The fourth-order valence-electron chi connectivity index (χ4n) is 2.47. The molecule has 0 radical (unpaired) electrons. The van der Waals surface area contributed by atoms with E-state index in [-0.39, 0.29) is 22.4 Å². The molecule has 0 atom stereocenters. The number of hydrogen-bond acceptors (Lipinski definition) is 4. The van der Waals surface area contributed by atoms with Crippen LogP contribution in [0.3, 0.4) is 0 Å². The lowest BCUT2D eigenvalue weighted by atomic mass is 10.1. The number of aromatic nitrogens is 2. The number of nitrogens with two attached hydrogens (primary N) is 1. The third-order valence-corrected chi connectivity index (χ3v) is 3.99. The molecule has 1 aromatic carbocycles. The van der Waals surface area contributed by atoms with E-state index in [0.717, 1.165) is 17.8 Å². The number of amides is 2. The molecule has 26 heavy (non-hydrogen) atoms. The Morgan fingerprint density at radius 1 is 1.23 bits per heavy atom. The average Bonchev–Trinajstić information content (AvgIpc) is 2.58.